The van der Waals surface area contributed by atoms with Gasteiger partial charge in [-0.25, -0.2) is 8.42 Å². The summed E-state index contributed by atoms with van der Waals surface area (Å²) in [4.78, 5) is 0. The first kappa shape index (κ1) is 13.6. The van der Waals surface area contributed by atoms with E-state index in [4.69, 9.17) is 0 Å². The zero-order chi connectivity index (χ0) is 13.7. The van der Waals surface area contributed by atoms with Gasteiger partial charge in [-0.3, -0.25) is 0 Å². The fourth-order valence-electron chi connectivity index (χ4n) is 3.28. The van der Waals surface area contributed by atoms with Crippen molar-refractivity contribution in [3.05, 3.63) is 33.8 Å². The summed E-state index contributed by atoms with van der Waals surface area (Å²) in [6.07, 6.45) is 2.84. The van der Waals surface area contributed by atoms with Crippen molar-refractivity contribution in [3.8, 4) is 0 Å². The third-order valence-electron chi connectivity index (χ3n) is 4.21. The third-order valence-corrected chi connectivity index (χ3v) is 6.61. The van der Waals surface area contributed by atoms with Crippen LogP contribution in [0.5, 0.6) is 0 Å². The van der Waals surface area contributed by atoms with Crippen LogP contribution >= 0.6 is 15.9 Å². The zero-order valence-electron chi connectivity index (χ0n) is 10.9. The van der Waals surface area contributed by atoms with Crippen LogP contribution in [0.4, 0.5) is 0 Å². The molecule has 1 N–H and O–H groups in total. The number of hydrogen-bond acceptors (Lipinski definition) is 3. The van der Waals surface area contributed by atoms with Gasteiger partial charge >= 0.3 is 0 Å². The largest absolute Gasteiger partial charge is 0.304 e. The van der Waals surface area contributed by atoms with Crippen LogP contribution in [0.3, 0.4) is 0 Å². The first-order valence-electron chi connectivity index (χ1n) is 6.63. The summed E-state index contributed by atoms with van der Waals surface area (Å²) < 4.78 is 24.4. The van der Waals surface area contributed by atoms with E-state index in [-0.39, 0.29) is 11.3 Å². The molecule has 1 aromatic rings. The molecule has 19 heavy (non-hydrogen) atoms. The van der Waals surface area contributed by atoms with Crippen LogP contribution in [-0.2, 0) is 16.3 Å². The Hall–Kier alpha value is -0.390. The summed E-state index contributed by atoms with van der Waals surface area (Å²) in [6.45, 7) is 2.04. The highest BCUT2D eigenvalue weighted by Crippen LogP contribution is 2.36. The molecule has 0 saturated carbocycles. The number of nitrogens with one attached hydrogen (secondary N) is 1. The standard InChI is InChI=1S/C14H18BrNO2S/c1-14(6-7-19(17,18)9-14)16-13-5-2-10-8-11(15)3-4-12(10)13/h3-4,8,13,16H,2,5-7,9H2,1H3. The van der Waals surface area contributed by atoms with Gasteiger partial charge in [-0.1, -0.05) is 22.0 Å². The number of aryl methyl sites for hydroxylation is 1. The van der Waals surface area contributed by atoms with Gasteiger partial charge in [-0.05, 0) is 49.4 Å². The van der Waals surface area contributed by atoms with E-state index in [1.54, 1.807) is 0 Å². The van der Waals surface area contributed by atoms with Crippen LogP contribution in [0.25, 0.3) is 0 Å². The summed E-state index contributed by atoms with van der Waals surface area (Å²) >= 11 is 3.50. The van der Waals surface area contributed by atoms with E-state index in [1.165, 1.54) is 11.1 Å². The Kier molecular flexibility index (Phi) is 3.27. The van der Waals surface area contributed by atoms with Crippen molar-refractivity contribution in [1.29, 1.82) is 0 Å². The number of rotatable bonds is 2. The molecular formula is C14H18BrNO2S. The van der Waals surface area contributed by atoms with Crippen molar-refractivity contribution in [3.63, 3.8) is 0 Å². The van der Waals surface area contributed by atoms with Crippen molar-refractivity contribution >= 4 is 25.8 Å². The number of fused-ring (bicyclic) bond motifs is 1. The second-order valence-corrected chi connectivity index (χ2v) is 9.08. The molecule has 0 spiro atoms. The first-order chi connectivity index (χ1) is 8.87. The summed E-state index contributed by atoms with van der Waals surface area (Å²) in [5, 5.41) is 3.59. The Morgan fingerprint density at radius 3 is 2.89 bits per heavy atom. The molecule has 3 rings (SSSR count). The van der Waals surface area contributed by atoms with Crippen molar-refractivity contribution in [1.82, 2.24) is 5.32 Å². The fourth-order valence-corrected chi connectivity index (χ4v) is 5.79. The van der Waals surface area contributed by atoms with Gasteiger partial charge in [0.25, 0.3) is 0 Å². The lowest BCUT2D eigenvalue weighted by Crippen LogP contribution is -2.44. The summed E-state index contributed by atoms with van der Waals surface area (Å²) in [5.41, 5.74) is 2.43. The molecule has 104 valence electrons. The lowest BCUT2D eigenvalue weighted by molar-refractivity contribution is 0.341. The van der Waals surface area contributed by atoms with E-state index in [0.717, 1.165) is 23.7 Å². The van der Waals surface area contributed by atoms with Crippen molar-refractivity contribution < 1.29 is 8.42 Å². The molecule has 5 heteroatoms. The van der Waals surface area contributed by atoms with Crippen molar-refractivity contribution in [2.45, 2.75) is 37.8 Å². The third kappa shape index (κ3) is 2.73. The molecular weight excluding hydrogens is 326 g/mol. The first-order valence-corrected chi connectivity index (χ1v) is 9.25. The molecule has 0 aromatic heterocycles. The van der Waals surface area contributed by atoms with Crippen LogP contribution < -0.4 is 5.32 Å². The molecule has 1 saturated heterocycles. The highest BCUT2D eigenvalue weighted by Gasteiger charge is 2.40. The molecule has 2 aliphatic rings. The van der Waals surface area contributed by atoms with Crippen LogP contribution in [0.2, 0.25) is 0 Å². The lowest BCUT2D eigenvalue weighted by Gasteiger charge is -2.29. The Balaban J connectivity index is 1.80. The minimum Gasteiger partial charge on any atom is -0.304 e. The average Bonchev–Trinajstić information content (AvgIpc) is 2.80. The topological polar surface area (TPSA) is 46.2 Å². The normalized spacial score (nSPS) is 32.4. The lowest BCUT2D eigenvalue weighted by atomic mass is 9.98. The van der Waals surface area contributed by atoms with Gasteiger partial charge in [0.2, 0.25) is 0 Å². The molecule has 0 bridgehead atoms. The minimum absolute atomic E-state index is 0.266. The predicted molar refractivity (Wildman–Crippen MR) is 80.0 cm³/mol. The second-order valence-electron chi connectivity index (χ2n) is 5.98. The highest BCUT2D eigenvalue weighted by molar-refractivity contribution is 9.10. The van der Waals surface area contributed by atoms with Crippen LogP contribution in [0, 0.1) is 0 Å². The molecule has 1 aromatic carbocycles. The van der Waals surface area contributed by atoms with Gasteiger partial charge in [0.1, 0.15) is 0 Å². The van der Waals surface area contributed by atoms with Gasteiger partial charge in [-0.15, -0.1) is 0 Å². The number of sulfone groups is 1. The van der Waals surface area contributed by atoms with E-state index in [2.05, 4.69) is 39.4 Å². The molecule has 1 aliphatic heterocycles. The predicted octanol–water partition coefficient (Wildman–Crippen LogP) is 2.60. The van der Waals surface area contributed by atoms with Gasteiger partial charge < -0.3 is 5.32 Å². The van der Waals surface area contributed by atoms with E-state index >= 15 is 0 Å². The average molecular weight is 344 g/mol. The maximum absolute atomic E-state index is 11.7. The maximum atomic E-state index is 11.7. The number of halogens is 1. The second kappa shape index (κ2) is 4.57. The minimum atomic E-state index is -2.85. The molecule has 1 fully saturated rings. The summed E-state index contributed by atoms with van der Waals surface area (Å²) in [6, 6.07) is 6.68. The molecule has 2 atom stereocenters. The van der Waals surface area contributed by atoms with Crippen LogP contribution in [0.1, 0.15) is 36.9 Å². The summed E-state index contributed by atoms with van der Waals surface area (Å²) in [7, 11) is -2.85. The van der Waals surface area contributed by atoms with E-state index in [1.807, 2.05) is 6.92 Å². The fraction of sp³-hybridized carbons (Fsp3) is 0.571. The Morgan fingerprint density at radius 2 is 2.21 bits per heavy atom. The van der Waals surface area contributed by atoms with E-state index < -0.39 is 9.84 Å². The van der Waals surface area contributed by atoms with Gasteiger partial charge in [0.05, 0.1) is 11.5 Å². The maximum Gasteiger partial charge on any atom is 0.152 e. The molecule has 0 radical (unpaired) electrons. The molecule has 0 amide bonds. The van der Waals surface area contributed by atoms with Gasteiger partial charge in [0.15, 0.2) is 9.84 Å². The highest BCUT2D eigenvalue weighted by atomic mass is 79.9. The Labute approximate surface area is 122 Å². The van der Waals surface area contributed by atoms with Crippen molar-refractivity contribution in [2.24, 2.45) is 0 Å². The smallest absolute Gasteiger partial charge is 0.152 e. The molecule has 3 nitrogen and oxygen atoms in total. The molecule has 1 heterocycles. The van der Waals surface area contributed by atoms with Crippen LogP contribution in [0.15, 0.2) is 22.7 Å². The van der Waals surface area contributed by atoms with Crippen molar-refractivity contribution in [2.75, 3.05) is 11.5 Å². The van der Waals surface area contributed by atoms with Gasteiger partial charge in [-0.2, -0.15) is 0 Å². The quantitative estimate of drug-likeness (QED) is 0.897. The van der Waals surface area contributed by atoms with E-state index in [9.17, 15) is 8.42 Å². The zero-order valence-corrected chi connectivity index (χ0v) is 13.4. The monoisotopic (exact) mass is 343 g/mol. The Bertz CT molecular complexity index is 614. The number of benzene rings is 1. The van der Waals surface area contributed by atoms with Gasteiger partial charge in [0, 0.05) is 16.1 Å². The molecule has 1 aliphatic carbocycles. The Morgan fingerprint density at radius 1 is 1.42 bits per heavy atom. The molecule has 2 unspecified atom stereocenters. The van der Waals surface area contributed by atoms with Crippen LogP contribution in [-0.4, -0.2) is 25.5 Å². The van der Waals surface area contributed by atoms with E-state index in [0.29, 0.717) is 11.8 Å². The summed E-state index contributed by atoms with van der Waals surface area (Å²) in [5.74, 6) is 0.582. The number of hydrogen-bond donors (Lipinski definition) is 1. The SMILES string of the molecule is CC1(NC2CCc3cc(Br)ccc32)CCS(=O)(=O)C1.